The molecule has 1 aromatic heterocycles. The van der Waals surface area contributed by atoms with E-state index in [1.54, 1.807) is 6.07 Å². The number of pyridine rings is 1. The molecule has 16 heavy (non-hydrogen) atoms. The van der Waals surface area contributed by atoms with Crippen molar-refractivity contribution in [2.45, 2.75) is 43.8 Å². The molecular weight excluding hydrogens is 222 g/mol. The number of thioether (sulfide) groups is 1. The van der Waals surface area contributed by atoms with Gasteiger partial charge in [-0.1, -0.05) is 0 Å². The highest BCUT2D eigenvalue weighted by molar-refractivity contribution is 7.98. The number of aryl methyl sites for hydroxylation is 1. The van der Waals surface area contributed by atoms with Gasteiger partial charge in [0, 0.05) is 17.5 Å². The first-order valence-corrected chi connectivity index (χ1v) is 6.77. The Morgan fingerprint density at radius 1 is 1.50 bits per heavy atom. The van der Waals surface area contributed by atoms with Crippen LogP contribution in [-0.2, 0) is 4.74 Å². The second-order valence-electron chi connectivity index (χ2n) is 4.26. The minimum Gasteiger partial charge on any atom is -0.369 e. The third kappa shape index (κ3) is 2.18. The van der Waals surface area contributed by atoms with E-state index in [-0.39, 0.29) is 11.5 Å². The molecule has 0 spiro atoms. The highest BCUT2D eigenvalue weighted by atomic mass is 32.2. The van der Waals surface area contributed by atoms with Crippen LogP contribution in [-0.4, -0.2) is 17.3 Å². The number of ether oxygens (including phenoxy) is 1. The van der Waals surface area contributed by atoms with Crippen LogP contribution in [0.2, 0.25) is 0 Å². The van der Waals surface area contributed by atoms with Gasteiger partial charge in [0.2, 0.25) is 0 Å². The zero-order chi connectivity index (χ0) is 11.7. The van der Waals surface area contributed by atoms with Crippen molar-refractivity contribution in [1.29, 1.82) is 0 Å². The molecule has 1 saturated heterocycles. The molecular formula is C12H17NO2S. The van der Waals surface area contributed by atoms with Crippen molar-refractivity contribution in [3.05, 3.63) is 27.7 Å². The second-order valence-corrected chi connectivity index (χ2v) is 5.08. The topological polar surface area (TPSA) is 42.1 Å². The number of hydrogen-bond donors (Lipinski definition) is 1. The van der Waals surface area contributed by atoms with E-state index in [9.17, 15) is 4.79 Å². The van der Waals surface area contributed by atoms with Gasteiger partial charge in [-0.15, -0.1) is 11.8 Å². The maximum absolute atomic E-state index is 11.8. The van der Waals surface area contributed by atoms with E-state index in [2.05, 4.69) is 11.9 Å². The largest absolute Gasteiger partial charge is 0.369 e. The number of aromatic nitrogens is 1. The zero-order valence-corrected chi connectivity index (χ0v) is 10.7. The summed E-state index contributed by atoms with van der Waals surface area (Å²) in [5.74, 6) is 0. The van der Waals surface area contributed by atoms with E-state index in [0.29, 0.717) is 6.10 Å². The number of aromatic amines is 1. The van der Waals surface area contributed by atoms with Crippen molar-refractivity contribution in [2.75, 3.05) is 6.26 Å². The van der Waals surface area contributed by atoms with E-state index in [0.717, 1.165) is 29.1 Å². The van der Waals surface area contributed by atoms with Crippen molar-refractivity contribution in [1.82, 2.24) is 4.98 Å². The van der Waals surface area contributed by atoms with Crippen LogP contribution in [0.3, 0.4) is 0 Å². The molecule has 2 rings (SSSR count). The first-order chi connectivity index (χ1) is 7.61. The van der Waals surface area contributed by atoms with Crippen LogP contribution in [0.15, 0.2) is 15.8 Å². The molecule has 1 fully saturated rings. The lowest BCUT2D eigenvalue weighted by Crippen LogP contribution is -2.12. The summed E-state index contributed by atoms with van der Waals surface area (Å²) >= 11 is 1.49. The summed E-state index contributed by atoms with van der Waals surface area (Å²) in [7, 11) is 0. The summed E-state index contributed by atoms with van der Waals surface area (Å²) in [6, 6.07) is 1.68. The van der Waals surface area contributed by atoms with Crippen LogP contribution >= 0.6 is 11.8 Å². The SMILES string of the molecule is CSc1c(C)[nH]c(C2CCC(C)O2)cc1=O. The molecule has 2 atom stereocenters. The molecule has 88 valence electrons. The highest BCUT2D eigenvalue weighted by Crippen LogP contribution is 2.31. The van der Waals surface area contributed by atoms with Crippen molar-refractivity contribution >= 4 is 11.8 Å². The van der Waals surface area contributed by atoms with Gasteiger partial charge in [-0.2, -0.15) is 0 Å². The molecule has 0 radical (unpaired) electrons. The summed E-state index contributed by atoms with van der Waals surface area (Å²) < 4.78 is 5.75. The van der Waals surface area contributed by atoms with Crippen LogP contribution in [0.25, 0.3) is 0 Å². The fourth-order valence-corrected chi connectivity index (χ4v) is 2.78. The van der Waals surface area contributed by atoms with Gasteiger partial charge in [0.05, 0.1) is 17.1 Å². The monoisotopic (exact) mass is 239 g/mol. The molecule has 0 aliphatic carbocycles. The Kier molecular flexibility index (Phi) is 3.40. The van der Waals surface area contributed by atoms with E-state index >= 15 is 0 Å². The average molecular weight is 239 g/mol. The Hall–Kier alpha value is -0.740. The van der Waals surface area contributed by atoms with Gasteiger partial charge in [0.25, 0.3) is 0 Å². The standard InChI is InChI=1S/C12H17NO2S/c1-7-4-5-11(15-7)9-6-10(14)12(16-3)8(2)13-9/h6-7,11H,4-5H2,1-3H3,(H,13,14). The predicted molar refractivity (Wildman–Crippen MR) is 66.1 cm³/mol. The van der Waals surface area contributed by atoms with E-state index in [1.165, 1.54) is 11.8 Å². The molecule has 3 nitrogen and oxygen atoms in total. The maximum atomic E-state index is 11.8. The van der Waals surface area contributed by atoms with Crippen LogP contribution in [0, 0.1) is 6.92 Å². The molecule has 0 bridgehead atoms. The maximum Gasteiger partial charge on any atom is 0.195 e. The van der Waals surface area contributed by atoms with E-state index < -0.39 is 0 Å². The highest BCUT2D eigenvalue weighted by Gasteiger charge is 2.24. The zero-order valence-electron chi connectivity index (χ0n) is 9.87. The van der Waals surface area contributed by atoms with Crippen LogP contribution in [0.4, 0.5) is 0 Å². The first kappa shape index (κ1) is 11.7. The minimum absolute atomic E-state index is 0.0670. The smallest absolute Gasteiger partial charge is 0.195 e. The van der Waals surface area contributed by atoms with Crippen molar-refractivity contribution in [3.8, 4) is 0 Å². The molecule has 2 heterocycles. The third-order valence-corrected chi connectivity index (χ3v) is 3.88. The lowest BCUT2D eigenvalue weighted by molar-refractivity contribution is 0.0528. The molecule has 1 N–H and O–H groups in total. The Morgan fingerprint density at radius 2 is 2.25 bits per heavy atom. The van der Waals surface area contributed by atoms with Gasteiger partial charge in [-0.3, -0.25) is 4.79 Å². The molecule has 0 amide bonds. The number of nitrogens with one attached hydrogen (secondary N) is 1. The van der Waals surface area contributed by atoms with Crippen molar-refractivity contribution in [3.63, 3.8) is 0 Å². The molecule has 0 saturated carbocycles. The van der Waals surface area contributed by atoms with Gasteiger partial charge < -0.3 is 9.72 Å². The molecule has 1 aromatic rings. The first-order valence-electron chi connectivity index (χ1n) is 5.55. The fraction of sp³-hybridized carbons (Fsp3) is 0.583. The lowest BCUT2D eigenvalue weighted by atomic mass is 10.1. The molecule has 2 unspecified atom stereocenters. The number of hydrogen-bond acceptors (Lipinski definition) is 3. The van der Waals surface area contributed by atoms with Gasteiger partial charge >= 0.3 is 0 Å². The lowest BCUT2D eigenvalue weighted by Gasteiger charge is -2.13. The van der Waals surface area contributed by atoms with Gasteiger partial charge in [-0.05, 0) is 32.9 Å². The number of H-pyrrole nitrogens is 1. The van der Waals surface area contributed by atoms with Gasteiger partial charge in [-0.25, -0.2) is 0 Å². The van der Waals surface area contributed by atoms with Gasteiger partial charge in [0.1, 0.15) is 0 Å². The molecule has 1 aliphatic heterocycles. The summed E-state index contributed by atoms with van der Waals surface area (Å²) in [4.78, 5) is 15.9. The van der Waals surface area contributed by atoms with E-state index in [1.807, 2.05) is 13.2 Å². The normalized spacial score (nSPS) is 24.9. The molecule has 1 aliphatic rings. The van der Waals surface area contributed by atoms with Crippen LogP contribution < -0.4 is 5.43 Å². The Morgan fingerprint density at radius 3 is 2.75 bits per heavy atom. The van der Waals surface area contributed by atoms with Crippen LogP contribution in [0.5, 0.6) is 0 Å². The van der Waals surface area contributed by atoms with Gasteiger partial charge in [0.15, 0.2) is 5.43 Å². The van der Waals surface area contributed by atoms with E-state index in [4.69, 9.17) is 4.74 Å². The number of rotatable bonds is 2. The summed E-state index contributed by atoms with van der Waals surface area (Å²) in [6.45, 7) is 4.01. The van der Waals surface area contributed by atoms with Crippen molar-refractivity contribution < 1.29 is 4.74 Å². The Labute approximate surface area is 99.6 Å². The Bertz CT molecular complexity index is 441. The molecule has 4 heteroatoms. The van der Waals surface area contributed by atoms with Crippen LogP contribution in [0.1, 0.15) is 37.3 Å². The second kappa shape index (κ2) is 4.63. The predicted octanol–water partition coefficient (Wildman–Crippen LogP) is 2.65. The quantitative estimate of drug-likeness (QED) is 0.807. The summed E-state index contributed by atoms with van der Waals surface area (Å²) in [5, 5.41) is 0. The van der Waals surface area contributed by atoms with Crippen molar-refractivity contribution in [2.24, 2.45) is 0 Å². The summed E-state index contributed by atoms with van der Waals surface area (Å²) in [5.41, 5.74) is 1.96. The summed E-state index contributed by atoms with van der Waals surface area (Å²) in [6.07, 6.45) is 4.35. The minimum atomic E-state index is 0.0670. The fourth-order valence-electron chi connectivity index (χ4n) is 2.16. The third-order valence-electron chi connectivity index (χ3n) is 2.97. The Balaban J connectivity index is 2.33. The average Bonchev–Trinajstić information content (AvgIpc) is 2.64. The molecule has 0 aromatic carbocycles.